The molecular formula is C11H22N4OS. The first-order chi connectivity index (χ1) is 7.89. The molecule has 0 aliphatic heterocycles. The number of aromatic nitrogens is 2. The maximum Gasteiger partial charge on any atom is 0.202 e. The normalized spacial score (nSPS) is 13.7. The molecule has 0 saturated heterocycles. The fourth-order valence-electron chi connectivity index (χ4n) is 1.17. The number of rotatable bonds is 6. The molecule has 0 radical (unpaired) electrons. The topological polar surface area (TPSA) is 70.1 Å². The lowest BCUT2D eigenvalue weighted by molar-refractivity contribution is 0.192. The molecule has 1 aromatic heterocycles. The van der Waals surface area contributed by atoms with Crippen LogP contribution in [0.3, 0.4) is 0 Å². The summed E-state index contributed by atoms with van der Waals surface area (Å²) >= 11 is 1.39. The van der Waals surface area contributed by atoms with Gasteiger partial charge in [0.05, 0.1) is 6.10 Å². The van der Waals surface area contributed by atoms with Crippen LogP contribution in [0.25, 0.3) is 0 Å². The van der Waals surface area contributed by atoms with Gasteiger partial charge in [-0.05, 0) is 6.92 Å². The van der Waals surface area contributed by atoms with Crippen LogP contribution in [0.2, 0.25) is 0 Å². The summed E-state index contributed by atoms with van der Waals surface area (Å²) in [5.41, 5.74) is 0.000992. The van der Waals surface area contributed by atoms with Crippen molar-refractivity contribution in [1.29, 1.82) is 0 Å². The molecule has 1 atom stereocenters. The predicted octanol–water partition coefficient (Wildman–Crippen LogP) is 1.22. The van der Waals surface area contributed by atoms with Gasteiger partial charge in [-0.2, -0.15) is 4.37 Å². The van der Waals surface area contributed by atoms with Crippen molar-refractivity contribution in [2.75, 3.05) is 25.0 Å². The van der Waals surface area contributed by atoms with Crippen molar-refractivity contribution in [2.45, 2.75) is 39.2 Å². The summed E-state index contributed by atoms with van der Waals surface area (Å²) in [4.78, 5) is 4.43. The van der Waals surface area contributed by atoms with Gasteiger partial charge < -0.3 is 15.7 Å². The number of aliphatic hydroxyl groups is 1. The summed E-state index contributed by atoms with van der Waals surface area (Å²) in [6.45, 7) is 10.3. The van der Waals surface area contributed by atoms with Crippen LogP contribution < -0.4 is 10.6 Å². The lowest BCUT2D eigenvalue weighted by atomic mass is 9.96. The lowest BCUT2D eigenvalue weighted by Gasteiger charge is -2.12. The number of aliphatic hydroxyl groups excluding tert-OH is 1. The number of anilines is 1. The van der Waals surface area contributed by atoms with E-state index in [1.165, 1.54) is 11.5 Å². The number of nitrogens with zero attached hydrogens (tertiary/aromatic N) is 2. The zero-order valence-corrected chi connectivity index (χ0v) is 11.8. The van der Waals surface area contributed by atoms with Crippen molar-refractivity contribution in [1.82, 2.24) is 14.7 Å². The Labute approximate surface area is 107 Å². The average Bonchev–Trinajstić information content (AvgIpc) is 2.64. The highest BCUT2D eigenvalue weighted by atomic mass is 32.1. The third-order valence-electron chi connectivity index (χ3n) is 2.11. The Hall–Kier alpha value is -0.720. The molecule has 1 rings (SSSR count). The largest absolute Gasteiger partial charge is 0.392 e. The van der Waals surface area contributed by atoms with Gasteiger partial charge in [0.2, 0.25) is 5.13 Å². The smallest absolute Gasteiger partial charge is 0.202 e. The highest BCUT2D eigenvalue weighted by Gasteiger charge is 2.19. The van der Waals surface area contributed by atoms with Crippen molar-refractivity contribution in [3.63, 3.8) is 0 Å². The molecule has 0 saturated carbocycles. The second-order valence-corrected chi connectivity index (χ2v) is 5.90. The summed E-state index contributed by atoms with van der Waals surface area (Å²) < 4.78 is 4.32. The first-order valence-electron chi connectivity index (χ1n) is 5.86. The van der Waals surface area contributed by atoms with Crippen LogP contribution in [0.4, 0.5) is 5.13 Å². The van der Waals surface area contributed by atoms with Crippen molar-refractivity contribution in [3.05, 3.63) is 5.82 Å². The van der Waals surface area contributed by atoms with Crippen LogP contribution in [-0.4, -0.2) is 40.2 Å². The second-order valence-electron chi connectivity index (χ2n) is 5.15. The van der Waals surface area contributed by atoms with E-state index in [1.54, 1.807) is 6.92 Å². The Morgan fingerprint density at radius 1 is 1.35 bits per heavy atom. The molecule has 0 bridgehead atoms. The van der Waals surface area contributed by atoms with Crippen LogP contribution in [-0.2, 0) is 5.41 Å². The standard InChI is InChI=1S/C11H22N4OS/c1-8(16)7-12-5-6-13-10-14-9(15-17-10)11(2,3)4/h8,12,16H,5-7H2,1-4H3,(H,13,14,15). The van der Waals surface area contributed by atoms with Gasteiger partial charge in [-0.3, -0.25) is 0 Å². The Morgan fingerprint density at radius 2 is 2.06 bits per heavy atom. The van der Waals surface area contributed by atoms with Gasteiger partial charge >= 0.3 is 0 Å². The summed E-state index contributed by atoms with van der Waals surface area (Å²) in [5.74, 6) is 0.877. The Morgan fingerprint density at radius 3 is 2.59 bits per heavy atom. The molecule has 0 aromatic carbocycles. The van der Waals surface area contributed by atoms with E-state index in [1.807, 2.05) is 0 Å². The van der Waals surface area contributed by atoms with Gasteiger partial charge in [-0.1, -0.05) is 20.8 Å². The van der Waals surface area contributed by atoms with Gasteiger partial charge in [-0.15, -0.1) is 0 Å². The van der Waals surface area contributed by atoms with E-state index in [4.69, 9.17) is 5.11 Å². The lowest BCUT2D eigenvalue weighted by Crippen LogP contribution is -2.28. The van der Waals surface area contributed by atoms with E-state index in [-0.39, 0.29) is 11.5 Å². The van der Waals surface area contributed by atoms with E-state index in [0.717, 1.165) is 24.0 Å². The van der Waals surface area contributed by atoms with E-state index in [9.17, 15) is 0 Å². The Kier molecular flexibility index (Phi) is 5.30. The molecule has 5 nitrogen and oxygen atoms in total. The maximum atomic E-state index is 9.06. The van der Waals surface area contributed by atoms with Gasteiger partial charge in [0.1, 0.15) is 5.82 Å². The van der Waals surface area contributed by atoms with E-state index in [0.29, 0.717) is 6.54 Å². The zero-order valence-electron chi connectivity index (χ0n) is 10.9. The zero-order chi connectivity index (χ0) is 12.9. The highest BCUT2D eigenvalue weighted by molar-refractivity contribution is 7.09. The molecule has 98 valence electrons. The summed E-state index contributed by atoms with van der Waals surface area (Å²) in [6.07, 6.45) is -0.302. The van der Waals surface area contributed by atoms with Crippen molar-refractivity contribution in [3.8, 4) is 0 Å². The van der Waals surface area contributed by atoms with Crippen LogP contribution in [0.1, 0.15) is 33.5 Å². The molecule has 1 heterocycles. The predicted molar refractivity (Wildman–Crippen MR) is 71.6 cm³/mol. The second kappa shape index (κ2) is 6.28. The molecule has 17 heavy (non-hydrogen) atoms. The molecule has 6 heteroatoms. The minimum absolute atomic E-state index is 0.000992. The molecule has 1 aromatic rings. The quantitative estimate of drug-likeness (QED) is 0.669. The fraction of sp³-hybridized carbons (Fsp3) is 0.818. The molecular weight excluding hydrogens is 236 g/mol. The van der Waals surface area contributed by atoms with E-state index < -0.39 is 0 Å². The van der Waals surface area contributed by atoms with Gasteiger partial charge in [0.25, 0.3) is 0 Å². The Bertz CT molecular complexity index is 332. The van der Waals surface area contributed by atoms with Crippen molar-refractivity contribution < 1.29 is 5.11 Å². The van der Waals surface area contributed by atoms with Crippen LogP contribution in [0.5, 0.6) is 0 Å². The van der Waals surface area contributed by atoms with Gasteiger partial charge in [-0.25, -0.2) is 4.98 Å². The summed E-state index contributed by atoms with van der Waals surface area (Å²) in [6, 6.07) is 0. The minimum atomic E-state index is -0.302. The van der Waals surface area contributed by atoms with Crippen LogP contribution in [0.15, 0.2) is 0 Å². The maximum absolute atomic E-state index is 9.06. The molecule has 0 fully saturated rings. The SMILES string of the molecule is CC(O)CNCCNc1nc(C(C)(C)C)ns1. The molecule has 0 spiro atoms. The number of hydrogen-bond acceptors (Lipinski definition) is 6. The monoisotopic (exact) mass is 258 g/mol. The first kappa shape index (κ1) is 14.3. The van der Waals surface area contributed by atoms with Crippen molar-refractivity contribution in [2.24, 2.45) is 0 Å². The summed E-state index contributed by atoms with van der Waals surface area (Å²) in [5, 5.41) is 16.3. The highest BCUT2D eigenvalue weighted by Crippen LogP contribution is 2.22. The third kappa shape index (κ3) is 5.43. The first-order valence-corrected chi connectivity index (χ1v) is 6.64. The number of hydrogen-bond donors (Lipinski definition) is 3. The fourth-order valence-corrected chi connectivity index (χ4v) is 1.95. The van der Waals surface area contributed by atoms with Gasteiger partial charge in [0.15, 0.2) is 0 Å². The third-order valence-corrected chi connectivity index (χ3v) is 2.79. The molecule has 0 amide bonds. The van der Waals surface area contributed by atoms with E-state index >= 15 is 0 Å². The minimum Gasteiger partial charge on any atom is -0.392 e. The van der Waals surface area contributed by atoms with Crippen LogP contribution in [0, 0.1) is 0 Å². The van der Waals surface area contributed by atoms with E-state index in [2.05, 4.69) is 40.8 Å². The van der Waals surface area contributed by atoms with Crippen molar-refractivity contribution >= 4 is 16.7 Å². The molecule has 0 aliphatic rings. The van der Waals surface area contributed by atoms with Crippen LogP contribution >= 0.6 is 11.5 Å². The molecule has 0 aliphatic carbocycles. The molecule has 3 N–H and O–H groups in total. The number of nitrogens with one attached hydrogen (secondary N) is 2. The molecule has 1 unspecified atom stereocenters. The Balaban J connectivity index is 2.26. The summed E-state index contributed by atoms with van der Waals surface area (Å²) in [7, 11) is 0. The van der Waals surface area contributed by atoms with Gasteiger partial charge in [0, 0.05) is 36.6 Å². The average molecular weight is 258 g/mol.